The van der Waals surface area contributed by atoms with Crippen LogP contribution < -0.4 is 0 Å². The molecule has 0 saturated carbocycles. The minimum Gasteiger partial charge on any atom is -0.337 e. The summed E-state index contributed by atoms with van der Waals surface area (Å²) in [6.07, 6.45) is 0. The van der Waals surface area contributed by atoms with Crippen molar-refractivity contribution in [2.45, 2.75) is 6.54 Å². The van der Waals surface area contributed by atoms with Gasteiger partial charge in [-0.15, -0.1) is 4.91 Å². The number of carbonyl (C=O) groups is 1. The van der Waals surface area contributed by atoms with Crippen LogP contribution in [0.5, 0.6) is 0 Å². The first-order chi connectivity index (χ1) is 6.22. The molecule has 0 atom stereocenters. The maximum atomic E-state index is 11.4. The highest BCUT2D eigenvalue weighted by molar-refractivity contribution is 5.98. The monoisotopic (exact) mass is 176 g/mol. The highest BCUT2D eigenvalue weighted by Gasteiger charge is 2.24. The quantitative estimate of drug-likeness (QED) is 0.611. The van der Waals surface area contributed by atoms with E-state index in [0.717, 1.165) is 5.56 Å². The highest BCUT2D eigenvalue weighted by atomic mass is 16.3. The number of fused-ring (bicyclic) bond motifs is 1. The summed E-state index contributed by atoms with van der Waals surface area (Å²) in [5, 5.41) is 2.82. The number of amides is 1. The van der Waals surface area contributed by atoms with Gasteiger partial charge in [-0.1, -0.05) is 0 Å². The molecule has 0 radical (unpaired) electrons. The molecule has 1 heterocycles. The molecule has 0 N–H and O–H groups in total. The third kappa shape index (κ3) is 1.11. The van der Waals surface area contributed by atoms with E-state index in [4.69, 9.17) is 0 Å². The predicted molar refractivity (Wildman–Crippen MR) is 47.7 cm³/mol. The number of nitrogens with zero attached hydrogens (tertiary/aromatic N) is 2. The Bertz CT molecular complexity index is 387. The van der Waals surface area contributed by atoms with Gasteiger partial charge in [-0.25, -0.2) is 0 Å². The molecule has 1 aromatic carbocycles. The van der Waals surface area contributed by atoms with Crippen molar-refractivity contribution in [1.29, 1.82) is 0 Å². The number of hydrogen-bond donors (Lipinski definition) is 0. The summed E-state index contributed by atoms with van der Waals surface area (Å²) in [7, 11) is 1.73. The summed E-state index contributed by atoms with van der Waals surface area (Å²) in [4.78, 5) is 23.2. The Balaban J connectivity index is 2.52. The second-order valence-corrected chi connectivity index (χ2v) is 3.09. The van der Waals surface area contributed by atoms with Gasteiger partial charge >= 0.3 is 0 Å². The fraction of sp³-hybridized carbons (Fsp3) is 0.222. The highest BCUT2D eigenvalue weighted by Crippen LogP contribution is 2.25. The van der Waals surface area contributed by atoms with Crippen molar-refractivity contribution in [1.82, 2.24) is 4.90 Å². The van der Waals surface area contributed by atoms with Crippen molar-refractivity contribution in [3.8, 4) is 0 Å². The van der Waals surface area contributed by atoms with Crippen LogP contribution in [0.2, 0.25) is 0 Å². The fourth-order valence-electron chi connectivity index (χ4n) is 1.51. The summed E-state index contributed by atoms with van der Waals surface area (Å²) >= 11 is 0. The number of hydrogen-bond acceptors (Lipinski definition) is 3. The van der Waals surface area contributed by atoms with Gasteiger partial charge in [0.1, 0.15) is 5.69 Å². The van der Waals surface area contributed by atoms with Gasteiger partial charge in [0.2, 0.25) is 0 Å². The Morgan fingerprint density at radius 3 is 2.92 bits per heavy atom. The molecule has 4 nitrogen and oxygen atoms in total. The molecular formula is C9H8N2O2. The largest absolute Gasteiger partial charge is 0.337 e. The van der Waals surface area contributed by atoms with Gasteiger partial charge in [0.15, 0.2) is 0 Å². The minimum absolute atomic E-state index is 0.00690. The van der Waals surface area contributed by atoms with Crippen molar-refractivity contribution in [3.05, 3.63) is 34.2 Å². The molecule has 13 heavy (non-hydrogen) atoms. The second kappa shape index (κ2) is 2.65. The van der Waals surface area contributed by atoms with E-state index >= 15 is 0 Å². The average Bonchev–Trinajstić information content (AvgIpc) is 2.42. The van der Waals surface area contributed by atoms with Crippen LogP contribution in [0.15, 0.2) is 23.4 Å². The topological polar surface area (TPSA) is 49.7 Å². The first kappa shape index (κ1) is 7.91. The summed E-state index contributed by atoms with van der Waals surface area (Å²) in [5.74, 6) is 0.00690. The zero-order valence-corrected chi connectivity index (χ0v) is 7.15. The predicted octanol–water partition coefficient (Wildman–Crippen LogP) is 1.67. The molecule has 1 aromatic rings. The minimum atomic E-state index is 0.00690. The molecular weight excluding hydrogens is 168 g/mol. The zero-order valence-electron chi connectivity index (χ0n) is 7.15. The lowest BCUT2D eigenvalue weighted by molar-refractivity contribution is 0.0816. The van der Waals surface area contributed by atoms with E-state index in [-0.39, 0.29) is 5.91 Å². The number of carbonyl (C=O) groups excluding carboxylic acids is 1. The summed E-state index contributed by atoms with van der Waals surface area (Å²) in [6.45, 7) is 0.567. The Hall–Kier alpha value is -1.71. The lowest BCUT2D eigenvalue weighted by Gasteiger charge is -2.04. The maximum absolute atomic E-state index is 11.4. The van der Waals surface area contributed by atoms with E-state index in [1.165, 1.54) is 0 Å². The maximum Gasteiger partial charge on any atom is 0.254 e. The van der Waals surface area contributed by atoms with E-state index in [0.29, 0.717) is 17.8 Å². The second-order valence-electron chi connectivity index (χ2n) is 3.09. The van der Waals surface area contributed by atoms with Gasteiger partial charge in [-0.2, -0.15) is 0 Å². The van der Waals surface area contributed by atoms with Crippen LogP contribution in [0, 0.1) is 4.91 Å². The van der Waals surface area contributed by atoms with Crippen LogP contribution in [0.4, 0.5) is 5.69 Å². The van der Waals surface area contributed by atoms with Crippen molar-refractivity contribution >= 4 is 11.6 Å². The number of rotatable bonds is 1. The van der Waals surface area contributed by atoms with Gasteiger partial charge in [0, 0.05) is 19.2 Å². The van der Waals surface area contributed by atoms with E-state index in [1.54, 1.807) is 30.1 Å². The fourth-order valence-corrected chi connectivity index (χ4v) is 1.51. The van der Waals surface area contributed by atoms with Gasteiger partial charge in [0.25, 0.3) is 5.91 Å². The van der Waals surface area contributed by atoms with Crippen LogP contribution in [0.1, 0.15) is 15.9 Å². The average molecular weight is 176 g/mol. The Morgan fingerprint density at radius 2 is 2.23 bits per heavy atom. The summed E-state index contributed by atoms with van der Waals surface area (Å²) < 4.78 is 0. The smallest absolute Gasteiger partial charge is 0.254 e. The standard InChI is InChI=1S/C9H8N2O2/c1-11-5-6-4-7(10-13)2-3-8(6)9(11)12/h2-4H,5H2,1H3. The Kier molecular flexibility index (Phi) is 1.62. The zero-order chi connectivity index (χ0) is 9.42. The van der Waals surface area contributed by atoms with Gasteiger partial charge in [0.05, 0.1) is 0 Å². The third-order valence-corrected chi connectivity index (χ3v) is 2.18. The lowest BCUT2D eigenvalue weighted by atomic mass is 10.1. The molecule has 0 aromatic heterocycles. The first-order valence-corrected chi connectivity index (χ1v) is 3.94. The molecule has 0 bridgehead atoms. The van der Waals surface area contributed by atoms with Gasteiger partial charge in [-0.3, -0.25) is 4.79 Å². The molecule has 0 spiro atoms. The molecule has 0 unspecified atom stereocenters. The van der Waals surface area contributed by atoms with Crippen LogP contribution in [0.25, 0.3) is 0 Å². The van der Waals surface area contributed by atoms with E-state index in [9.17, 15) is 9.70 Å². The summed E-state index contributed by atoms with van der Waals surface area (Å²) in [5.41, 5.74) is 1.93. The van der Waals surface area contributed by atoms with E-state index in [1.807, 2.05) is 0 Å². The molecule has 66 valence electrons. The number of nitroso groups, excluding NO2 is 1. The molecule has 1 aliphatic rings. The molecule has 4 heteroatoms. The lowest BCUT2D eigenvalue weighted by Crippen LogP contribution is -2.17. The van der Waals surface area contributed by atoms with Crippen molar-refractivity contribution < 1.29 is 4.79 Å². The molecule has 1 amide bonds. The summed E-state index contributed by atoms with van der Waals surface area (Å²) in [6, 6.07) is 4.87. The molecule has 0 fully saturated rings. The van der Waals surface area contributed by atoms with Gasteiger partial charge in [-0.05, 0) is 28.9 Å². The number of benzene rings is 1. The van der Waals surface area contributed by atoms with Gasteiger partial charge < -0.3 is 4.90 Å². The Morgan fingerprint density at radius 1 is 1.46 bits per heavy atom. The van der Waals surface area contributed by atoms with Crippen molar-refractivity contribution in [2.24, 2.45) is 5.18 Å². The molecule has 2 rings (SSSR count). The van der Waals surface area contributed by atoms with E-state index in [2.05, 4.69) is 5.18 Å². The van der Waals surface area contributed by atoms with Crippen LogP contribution in [0.3, 0.4) is 0 Å². The molecule has 0 aliphatic carbocycles. The molecule has 1 aliphatic heterocycles. The third-order valence-electron chi connectivity index (χ3n) is 2.18. The van der Waals surface area contributed by atoms with Crippen molar-refractivity contribution in [2.75, 3.05) is 7.05 Å². The first-order valence-electron chi connectivity index (χ1n) is 3.94. The SMILES string of the molecule is CN1Cc2cc(N=O)ccc2C1=O. The van der Waals surface area contributed by atoms with E-state index < -0.39 is 0 Å². The molecule has 0 saturated heterocycles. The Labute approximate surface area is 75.1 Å². The normalized spacial score (nSPS) is 14.5. The van der Waals surface area contributed by atoms with Crippen molar-refractivity contribution in [3.63, 3.8) is 0 Å². The van der Waals surface area contributed by atoms with Crippen LogP contribution in [-0.2, 0) is 6.54 Å². The van der Waals surface area contributed by atoms with Crippen LogP contribution >= 0.6 is 0 Å². The van der Waals surface area contributed by atoms with Crippen LogP contribution in [-0.4, -0.2) is 17.9 Å².